The predicted molar refractivity (Wildman–Crippen MR) is 145 cm³/mol. The standard InChI is InChI=1S/C30H29FN2O8/c1-38-21-12-8-19(9-13-21)30(18-6-4-3-5-7-18,20-10-14-22(39-2)15-11-20)40-17-24-25(34)26(35)28(41-24)33-16-23(31)27(36)32-29(33)37/h3-16,24-26,28,34-35H,17H2,1-2H3,(H,32,36,37)/t24-,25?,26?,28-/m0/s1. The van der Waals surface area contributed by atoms with Crippen molar-refractivity contribution in [2.24, 2.45) is 0 Å². The Kier molecular flexibility index (Phi) is 8.04. The zero-order valence-electron chi connectivity index (χ0n) is 22.3. The zero-order chi connectivity index (χ0) is 29.1. The van der Waals surface area contributed by atoms with Gasteiger partial charge in [0.25, 0.3) is 5.56 Å². The third-order valence-corrected chi connectivity index (χ3v) is 7.17. The highest BCUT2D eigenvalue weighted by atomic mass is 19.1. The van der Waals surface area contributed by atoms with Crippen molar-refractivity contribution in [2.45, 2.75) is 30.1 Å². The van der Waals surface area contributed by atoms with E-state index in [4.69, 9.17) is 18.9 Å². The van der Waals surface area contributed by atoms with Crippen LogP contribution in [0.1, 0.15) is 22.9 Å². The average Bonchev–Trinajstić information content (AvgIpc) is 3.29. The SMILES string of the molecule is COc1ccc(C(OC[C@@H]2O[C@H](n3cc(F)c(=O)[nH]c3=O)C(O)C2O)(c2ccccc2)c2ccc(OC)cc2)cc1. The van der Waals surface area contributed by atoms with E-state index in [0.29, 0.717) is 22.3 Å². The third-order valence-electron chi connectivity index (χ3n) is 7.17. The summed E-state index contributed by atoms with van der Waals surface area (Å²) in [5.74, 6) is 0.0470. The highest BCUT2D eigenvalue weighted by molar-refractivity contribution is 5.49. The van der Waals surface area contributed by atoms with Crippen molar-refractivity contribution in [3.05, 3.63) is 128 Å². The van der Waals surface area contributed by atoms with E-state index in [-0.39, 0.29) is 6.61 Å². The Bertz CT molecular complexity index is 1540. The second kappa shape index (κ2) is 11.7. The van der Waals surface area contributed by atoms with Gasteiger partial charge >= 0.3 is 5.69 Å². The molecular weight excluding hydrogens is 535 g/mol. The molecule has 1 saturated heterocycles. The molecule has 0 spiro atoms. The first-order chi connectivity index (χ1) is 19.8. The van der Waals surface area contributed by atoms with Crippen LogP contribution in [0.2, 0.25) is 0 Å². The number of aromatic amines is 1. The van der Waals surface area contributed by atoms with Gasteiger partial charge in [-0.05, 0) is 41.0 Å². The van der Waals surface area contributed by atoms with Crippen LogP contribution < -0.4 is 20.7 Å². The number of aromatic nitrogens is 2. The second-order valence-electron chi connectivity index (χ2n) is 9.51. The first-order valence-electron chi connectivity index (χ1n) is 12.8. The molecule has 0 bridgehead atoms. The summed E-state index contributed by atoms with van der Waals surface area (Å²) in [7, 11) is 3.14. The highest BCUT2D eigenvalue weighted by Gasteiger charge is 2.46. The fraction of sp³-hybridized carbons (Fsp3) is 0.267. The number of hydrogen-bond acceptors (Lipinski definition) is 8. The van der Waals surface area contributed by atoms with Crippen LogP contribution in [-0.2, 0) is 15.1 Å². The number of hydrogen-bond donors (Lipinski definition) is 3. The van der Waals surface area contributed by atoms with Crippen LogP contribution in [0.4, 0.5) is 4.39 Å². The van der Waals surface area contributed by atoms with Crippen LogP contribution >= 0.6 is 0 Å². The van der Waals surface area contributed by atoms with Crippen LogP contribution in [0.25, 0.3) is 0 Å². The third kappa shape index (κ3) is 5.27. The normalized spacial score (nSPS) is 20.6. The Balaban J connectivity index is 1.56. The molecule has 0 saturated carbocycles. The Morgan fingerprint density at radius 1 is 0.854 bits per heavy atom. The molecule has 41 heavy (non-hydrogen) atoms. The van der Waals surface area contributed by atoms with E-state index in [1.165, 1.54) is 0 Å². The lowest BCUT2D eigenvalue weighted by Crippen LogP contribution is -2.40. The quantitative estimate of drug-likeness (QED) is 0.264. The molecule has 0 radical (unpaired) electrons. The maximum absolute atomic E-state index is 14.0. The first-order valence-corrected chi connectivity index (χ1v) is 12.8. The van der Waals surface area contributed by atoms with Gasteiger partial charge in [-0.25, -0.2) is 4.79 Å². The summed E-state index contributed by atoms with van der Waals surface area (Å²) in [5, 5.41) is 21.6. The van der Waals surface area contributed by atoms with Crippen molar-refractivity contribution >= 4 is 0 Å². The number of H-pyrrole nitrogens is 1. The second-order valence-corrected chi connectivity index (χ2v) is 9.51. The highest BCUT2D eigenvalue weighted by Crippen LogP contribution is 2.42. The summed E-state index contributed by atoms with van der Waals surface area (Å²) in [5.41, 5.74) is -1.20. The van der Waals surface area contributed by atoms with Crippen molar-refractivity contribution in [3.63, 3.8) is 0 Å². The fourth-order valence-corrected chi connectivity index (χ4v) is 5.03. The van der Waals surface area contributed by atoms with Crippen LogP contribution in [0.15, 0.2) is 94.6 Å². The molecular formula is C30H29FN2O8. The maximum atomic E-state index is 14.0. The van der Waals surface area contributed by atoms with E-state index in [1.54, 1.807) is 38.5 Å². The maximum Gasteiger partial charge on any atom is 0.330 e. The molecule has 1 aliphatic heterocycles. The molecule has 1 aliphatic rings. The number of benzene rings is 3. The Morgan fingerprint density at radius 2 is 1.39 bits per heavy atom. The van der Waals surface area contributed by atoms with Crippen LogP contribution in [0, 0.1) is 5.82 Å². The number of rotatable bonds is 9. The number of methoxy groups -OCH3 is 2. The van der Waals surface area contributed by atoms with Crippen molar-refractivity contribution in [2.75, 3.05) is 20.8 Å². The summed E-state index contributed by atoms with van der Waals surface area (Å²) in [4.78, 5) is 25.6. The molecule has 5 rings (SSSR count). The summed E-state index contributed by atoms with van der Waals surface area (Å²) in [6.07, 6.45) is -5.07. The minimum absolute atomic E-state index is 0.248. The average molecular weight is 565 g/mol. The number of halogens is 1. The van der Waals surface area contributed by atoms with Gasteiger partial charge in [-0.15, -0.1) is 0 Å². The molecule has 214 valence electrons. The van der Waals surface area contributed by atoms with Gasteiger partial charge in [0.15, 0.2) is 6.23 Å². The number of nitrogens with zero attached hydrogens (tertiary/aromatic N) is 1. The van der Waals surface area contributed by atoms with Gasteiger partial charge < -0.3 is 29.2 Å². The molecule has 11 heteroatoms. The molecule has 2 unspecified atom stereocenters. The van der Waals surface area contributed by atoms with Gasteiger partial charge in [-0.3, -0.25) is 14.3 Å². The number of aliphatic hydroxyl groups is 2. The van der Waals surface area contributed by atoms with Gasteiger partial charge in [-0.2, -0.15) is 4.39 Å². The first kappa shape index (κ1) is 28.2. The number of nitrogens with one attached hydrogen (secondary N) is 1. The van der Waals surface area contributed by atoms with Gasteiger partial charge in [0.1, 0.15) is 35.4 Å². The van der Waals surface area contributed by atoms with E-state index >= 15 is 0 Å². The molecule has 0 amide bonds. The Hall–Kier alpha value is -4.29. The molecule has 10 nitrogen and oxygen atoms in total. The summed E-state index contributed by atoms with van der Waals surface area (Å²) < 4.78 is 37.9. The molecule has 4 atom stereocenters. The van der Waals surface area contributed by atoms with E-state index in [1.807, 2.05) is 59.6 Å². The lowest BCUT2D eigenvalue weighted by Gasteiger charge is -2.37. The number of ether oxygens (including phenoxy) is 4. The van der Waals surface area contributed by atoms with Crippen molar-refractivity contribution < 1.29 is 33.6 Å². The van der Waals surface area contributed by atoms with E-state index in [9.17, 15) is 24.2 Å². The van der Waals surface area contributed by atoms with Crippen molar-refractivity contribution in [1.82, 2.24) is 9.55 Å². The molecule has 3 N–H and O–H groups in total. The zero-order valence-corrected chi connectivity index (χ0v) is 22.3. The Labute approximate surface area is 234 Å². The van der Waals surface area contributed by atoms with Crippen LogP contribution in [-0.4, -0.2) is 58.9 Å². The largest absolute Gasteiger partial charge is 0.497 e. The van der Waals surface area contributed by atoms with Gasteiger partial charge in [0.05, 0.1) is 27.0 Å². The lowest BCUT2D eigenvalue weighted by atomic mass is 9.80. The van der Waals surface area contributed by atoms with Crippen LogP contribution in [0.5, 0.6) is 11.5 Å². The predicted octanol–water partition coefficient (Wildman–Crippen LogP) is 2.32. The summed E-state index contributed by atoms with van der Waals surface area (Å²) in [6.45, 7) is -0.248. The van der Waals surface area contributed by atoms with Gasteiger partial charge in [0.2, 0.25) is 5.82 Å². The van der Waals surface area contributed by atoms with E-state index in [0.717, 1.165) is 16.7 Å². The molecule has 3 aromatic carbocycles. The lowest BCUT2D eigenvalue weighted by molar-refractivity contribution is -0.0960. The molecule has 1 aromatic heterocycles. The Morgan fingerprint density at radius 3 is 1.93 bits per heavy atom. The van der Waals surface area contributed by atoms with Gasteiger partial charge in [0, 0.05) is 0 Å². The van der Waals surface area contributed by atoms with E-state index < -0.39 is 47.2 Å². The van der Waals surface area contributed by atoms with Crippen molar-refractivity contribution in [3.8, 4) is 11.5 Å². The minimum atomic E-state index is -1.61. The molecule has 0 aliphatic carbocycles. The fourth-order valence-electron chi connectivity index (χ4n) is 5.03. The summed E-state index contributed by atoms with van der Waals surface area (Å²) >= 11 is 0. The van der Waals surface area contributed by atoms with Gasteiger partial charge in [-0.1, -0.05) is 54.6 Å². The van der Waals surface area contributed by atoms with Crippen molar-refractivity contribution in [1.29, 1.82) is 0 Å². The van der Waals surface area contributed by atoms with E-state index in [2.05, 4.69) is 0 Å². The molecule has 2 heterocycles. The van der Waals surface area contributed by atoms with Crippen LogP contribution in [0.3, 0.4) is 0 Å². The minimum Gasteiger partial charge on any atom is -0.497 e. The molecule has 1 fully saturated rings. The monoisotopic (exact) mass is 564 g/mol. The smallest absolute Gasteiger partial charge is 0.330 e. The molecule has 4 aromatic rings. The topological polar surface area (TPSA) is 132 Å². The summed E-state index contributed by atoms with van der Waals surface area (Å²) in [6, 6.07) is 24.1. The number of aliphatic hydroxyl groups excluding tert-OH is 2.